The summed E-state index contributed by atoms with van der Waals surface area (Å²) in [7, 11) is 1.79. The van der Waals surface area contributed by atoms with Gasteiger partial charge in [0, 0.05) is 37.2 Å². The topological polar surface area (TPSA) is 46.9 Å². The maximum absolute atomic E-state index is 12.7. The van der Waals surface area contributed by atoms with Crippen LogP contribution in [0.1, 0.15) is 29.2 Å². The normalized spacial score (nSPS) is 17.2. The van der Waals surface area contributed by atoms with Crippen LogP contribution in [0.5, 0.6) is 0 Å². The molecule has 110 valence electrons. The van der Waals surface area contributed by atoms with Crippen LogP contribution in [-0.4, -0.2) is 22.1 Å². The van der Waals surface area contributed by atoms with Crippen LogP contribution in [0, 0.1) is 6.92 Å². The van der Waals surface area contributed by atoms with Crippen LogP contribution >= 0.6 is 11.6 Å². The maximum atomic E-state index is 12.7. The van der Waals surface area contributed by atoms with Crippen molar-refractivity contribution in [3.05, 3.63) is 46.2 Å². The SMILES string of the molecule is Cc1nn(C)c(Cl)c1CC(=O)C1CCNc2ccccc21. The van der Waals surface area contributed by atoms with Crippen molar-refractivity contribution in [3.63, 3.8) is 0 Å². The number of carbonyl (C=O) groups excluding carboxylic acids is 1. The monoisotopic (exact) mass is 303 g/mol. The van der Waals surface area contributed by atoms with Crippen LogP contribution in [0.25, 0.3) is 0 Å². The number of ketones is 1. The van der Waals surface area contributed by atoms with E-state index in [0.717, 1.165) is 35.5 Å². The van der Waals surface area contributed by atoms with Gasteiger partial charge in [-0.1, -0.05) is 29.8 Å². The Bertz CT molecular complexity index is 693. The van der Waals surface area contributed by atoms with Crippen LogP contribution in [0.4, 0.5) is 5.69 Å². The van der Waals surface area contributed by atoms with Gasteiger partial charge in [-0.3, -0.25) is 9.48 Å². The smallest absolute Gasteiger partial charge is 0.145 e. The highest BCUT2D eigenvalue weighted by Gasteiger charge is 2.27. The molecule has 0 fully saturated rings. The number of hydrogen-bond donors (Lipinski definition) is 1. The summed E-state index contributed by atoms with van der Waals surface area (Å²) in [4.78, 5) is 12.7. The number of benzene rings is 1. The van der Waals surface area contributed by atoms with Crippen molar-refractivity contribution in [3.8, 4) is 0 Å². The molecule has 2 heterocycles. The Morgan fingerprint density at radius 1 is 1.48 bits per heavy atom. The first-order chi connectivity index (χ1) is 10.1. The zero-order valence-corrected chi connectivity index (χ0v) is 12.9. The second-order valence-corrected chi connectivity index (χ2v) is 5.83. The lowest BCUT2D eigenvalue weighted by atomic mass is 9.85. The van der Waals surface area contributed by atoms with E-state index in [-0.39, 0.29) is 11.7 Å². The van der Waals surface area contributed by atoms with E-state index < -0.39 is 0 Å². The zero-order valence-electron chi connectivity index (χ0n) is 12.2. The van der Waals surface area contributed by atoms with Gasteiger partial charge in [-0.15, -0.1) is 0 Å². The molecule has 0 saturated carbocycles. The number of Topliss-reactive ketones (excluding diaryl/α,β-unsaturated/α-hetero) is 1. The van der Waals surface area contributed by atoms with Gasteiger partial charge in [0.2, 0.25) is 0 Å². The number of hydrogen-bond acceptors (Lipinski definition) is 3. The molecule has 1 aliphatic heterocycles. The number of nitrogens with one attached hydrogen (secondary N) is 1. The molecule has 3 rings (SSSR count). The lowest BCUT2D eigenvalue weighted by molar-refractivity contribution is -0.120. The molecule has 1 atom stereocenters. The van der Waals surface area contributed by atoms with Crippen molar-refractivity contribution in [1.29, 1.82) is 0 Å². The van der Waals surface area contributed by atoms with E-state index >= 15 is 0 Å². The van der Waals surface area contributed by atoms with Gasteiger partial charge in [0.05, 0.1) is 5.69 Å². The molecule has 0 aliphatic carbocycles. The third-order valence-corrected chi connectivity index (χ3v) is 4.57. The summed E-state index contributed by atoms with van der Waals surface area (Å²) in [5.74, 6) is 0.153. The van der Waals surface area contributed by atoms with Crippen LogP contribution in [0.3, 0.4) is 0 Å². The minimum Gasteiger partial charge on any atom is -0.385 e. The van der Waals surface area contributed by atoms with Crippen molar-refractivity contribution in [2.24, 2.45) is 7.05 Å². The van der Waals surface area contributed by atoms with Gasteiger partial charge in [0.15, 0.2) is 0 Å². The van der Waals surface area contributed by atoms with Crippen molar-refractivity contribution in [1.82, 2.24) is 9.78 Å². The Labute approximate surface area is 129 Å². The standard InChI is InChI=1S/C16H18ClN3O/c1-10-13(16(17)20(2)19-10)9-15(21)12-7-8-18-14-6-4-3-5-11(12)14/h3-6,12,18H,7-9H2,1-2H3. The molecule has 0 spiro atoms. The molecule has 1 unspecified atom stereocenters. The fraction of sp³-hybridized carbons (Fsp3) is 0.375. The quantitative estimate of drug-likeness (QED) is 0.948. The van der Waals surface area contributed by atoms with Crippen LogP contribution in [0.15, 0.2) is 24.3 Å². The zero-order chi connectivity index (χ0) is 15.0. The van der Waals surface area contributed by atoms with E-state index in [1.54, 1.807) is 11.7 Å². The Morgan fingerprint density at radius 3 is 2.95 bits per heavy atom. The molecule has 1 aromatic carbocycles. The Balaban J connectivity index is 1.87. The van der Waals surface area contributed by atoms with Gasteiger partial charge < -0.3 is 5.32 Å². The van der Waals surface area contributed by atoms with Crippen LogP contribution in [-0.2, 0) is 18.3 Å². The first-order valence-corrected chi connectivity index (χ1v) is 7.49. The molecular formula is C16H18ClN3O. The van der Waals surface area contributed by atoms with Crippen LogP contribution in [0.2, 0.25) is 5.15 Å². The van der Waals surface area contributed by atoms with E-state index in [4.69, 9.17) is 11.6 Å². The highest BCUT2D eigenvalue weighted by molar-refractivity contribution is 6.30. The second-order valence-electron chi connectivity index (χ2n) is 5.48. The molecule has 4 nitrogen and oxygen atoms in total. The van der Waals surface area contributed by atoms with Crippen molar-refractivity contribution in [2.45, 2.75) is 25.7 Å². The van der Waals surface area contributed by atoms with E-state index in [2.05, 4.69) is 10.4 Å². The average molecular weight is 304 g/mol. The maximum Gasteiger partial charge on any atom is 0.145 e. The summed E-state index contributed by atoms with van der Waals surface area (Å²) in [5.41, 5.74) is 3.83. The van der Waals surface area contributed by atoms with E-state index in [9.17, 15) is 4.79 Å². The Kier molecular flexibility index (Phi) is 3.72. The number of aromatic nitrogens is 2. The fourth-order valence-corrected chi connectivity index (χ4v) is 3.22. The minimum absolute atomic E-state index is 0.0573. The number of halogens is 1. The Morgan fingerprint density at radius 2 is 2.24 bits per heavy atom. The first kappa shape index (κ1) is 14.1. The number of rotatable bonds is 3. The molecule has 5 heteroatoms. The third-order valence-electron chi connectivity index (χ3n) is 4.09. The van der Waals surface area contributed by atoms with Gasteiger partial charge in [0.25, 0.3) is 0 Å². The van der Waals surface area contributed by atoms with Gasteiger partial charge >= 0.3 is 0 Å². The molecule has 1 aliphatic rings. The number of carbonyl (C=O) groups is 1. The summed E-state index contributed by atoms with van der Waals surface area (Å²) in [6.07, 6.45) is 1.17. The largest absolute Gasteiger partial charge is 0.385 e. The predicted octanol–water partition coefficient (Wildman–Crippen LogP) is 3.09. The van der Waals surface area contributed by atoms with Crippen LogP contribution < -0.4 is 5.32 Å². The molecule has 21 heavy (non-hydrogen) atoms. The predicted molar refractivity (Wildman–Crippen MR) is 84.0 cm³/mol. The fourth-order valence-electron chi connectivity index (χ4n) is 2.98. The van der Waals surface area contributed by atoms with Crippen molar-refractivity contribution >= 4 is 23.1 Å². The summed E-state index contributed by atoms with van der Waals surface area (Å²) in [6.45, 7) is 2.72. The lowest BCUT2D eigenvalue weighted by Gasteiger charge is -2.25. The third kappa shape index (κ3) is 2.56. The molecule has 1 aromatic heterocycles. The summed E-state index contributed by atoms with van der Waals surface area (Å²) in [6, 6.07) is 8.02. The average Bonchev–Trinajstić information content (AvgIpc) is 2.73. The highest BCUT2D eigenvalue weighted by atomic mass is 35.5. The number of fused-ring (bicyclic) bond motifs is 1. The van der Waals surface area contributed by atoms with E-state index in [1.807, 2.05) is 31.2 Å². The molecule has 2 aromatic rings. The number of anilines is 1. The van der Waals surface area contributed by atoms with E-state index in [1.165, 1.54) is 0 Å². The Hall–Kier alpha value is -1.81. The van der Waals surface area contributed by atoms with Gasteiger partial charge in [-0.05, 0) is 25.0 Å². The van der Waals surface area contributed by atoms with Crippen molar-refractivity contribution in [2.75, 3.05) is 11.9 Å². The molecule has 0 radical (unpaired) electrons. The molecule has 0 amide bonds. The first-order valence-electron chi connectivity index (χ1n) is 7.11. The lowest BCUT2D eigenvalue weighted by Crippen LogP contribution is -2.24. The molecule has 0 bridgehead atoms. The van der Waals surface area contributed by atoms with Crippen molar-refractivity contribution < 1.29 is 4.79 Å². The number of aryl methyl sites for hydroxylation is 2. The minimum atomic E-state index is -0.0573. The molecule has 1 N–H and O–H groups in total. The van der Waals surface area contributed by atoms with Gasteiger partial charge in [0.1, 0.15) is 10.9 Å². The number of para-hydroxylation sites is 1. The molecule has 0 saturated heterocycles. The summed E-state index contributed by atoms with van der Waals surface area (Å²) >= 11 is 6.23. The molecular weight excluding hydrogens is 286 g/mol. The summed E-state index contributed by atoms with van der Waals surface area (Å²) in [5, 5.41) is 8.18. The van der Waals surface area contributed by atoms with E-state index in [0.29, 0.717) is 11.6 Å². The second kappa shape index (κ2) is 5.53. The highest BCUT2D eigenvalue weighted by Crippen LogP contribution is 2.33. The van der Waals surface area contributed by atoms with Gasteiger partial charge in [-0.2, -0.15) is 5.10 Å². The number of nitrogens with zero attached hydrogens (tertiary/aromatic N) is 2. The summed E-state index contributed by atoms with van der Waals surface area (Å²) < 4.78 is 1.62. The van der Waals surface area contributed by atoms with Gasteiger partial charge in [-0.25, -0.2) is 0 Å².